The summed E-state index contributed by atoms with van der Waals surface area (Å²) >= 11 is 0. The SMILES string of the molecule is NNC(=O)c1ccoc1CN1CC(=O)Nc2ccccc21. The van der Waals surface area contributed by atoms with E-state index >= 15 is 0 Å². The third-order valence-electron chi connectivity index (χ3n) is 3.31. The van der Waals surface area contributed by atoms with Gasteiger partial charge in [-0.25, -0.2) is 5.84 Å². The van der Waals surface area contributed by atoms with Crippen LogP contribution in [0, 0.1) is 0 Å². The van der Waals surface area contributed by atoms with Crippen LogP contribution in [0.5, 0.6) is 0 Å². The second-order valence-corrected chi connectivity index (χ2v) is 4.65. The molecule has 1 aromatic heterocycles. The third-order valence-corrected chi connectivity index (χ3v) is 3.31. The van der Waals surface area contributed by atoms with Crippen molar-refractivity contribution in [3.63, 3.8) is 0 Å². The number of para-hydroxylation sites is 2. The number of carbonyl (C=O) groups excluding carboxylic acids is 2. The molecule has 7 nitrogen and oxygen atoms in total. The van der Waals surface area contributed by atoms with E-state index in [1.165, 1.54) is 6.26 Å². The average Bonchev–Trinajstić information content (AvgIpc) is 2.94. The Balaban J connectivity index is 1.91. The maximum atomic E-state index is 11.8. The number of anilines is 2. The molecule has 1 aromatic carbocycles. The van der Waals surface area contributed by atoms with E-state index in [-0.39, 0.29) is 12.5 Å². The number of benzene rings is 1. The van der Waals surface area contributed by atoms with Crippen LogP contribution in [0.4, 0.5) is 11.4 Å². The van der Waals surface area contributed by atoms with Crippen LogP contribution < -0.4 is 21.5 Å². The quantitative estimate of drug-likeness (QED) is 0.441. The topological polar surface area (TPSA) is 101 Å². The largest absolute Gasteiger partial charge is 0.467 e. The minimum atomic E-state index is -0.423. The zero-order chi connectivity index (χ0) is 14.8. The Hall–Kier alpha value is -2.80. The van der Waals surface area contributed by atoms with Gasteiger partial charge in [0.2, 0.25) is 5.91 Å². The fraction of sp³-hybridized carbons (Fsp3) is 0.143. The predicted molar refractivity (Wildman–Crippen MR) is 76.5 cm³/mol. The summed E-state index contributed by atoms with van der Waals surface area (Å²) in [5.74, 6) is 5.08. The summed E-state index contributed by atoms with van der Waals surface area (Å²) in [5.41, 5.74) is 4.06. The minimum absolute atomic E-state index is 0.106. The molecule has 0 fully saturated rings. The molecule has 1 aliphatic heterocycles. The maximum Gasteiger partial charge on any atom is 0.268 e. The van der Waals surface area contributed by atoms with Crippen molar-refractivity contribution in [3.8, 4) is 0 Å². The van der Waals surface area contributed by atoms with Crippen LogP contribution in [0.3, 0.4) is 0 Å². The molecule has 0 saturated heterocycles. The van der Waals surface area contributed by atoms with Crippen molar-refractivity contribution in [1.82, 2.24) is 5.43 Å². The van der Waals surface area contributed by atoms with Crippen molar-refractivity contribution in [2.75, 3.05) is 16.8 Å². The molecular weight excluding hydrogens is 272 g/mol. The fourth-order valence-electron chi connectivity index (χ4n) is 2.36. The van der Waals surface area contributed by atoms with Gasteiger partial charge in [-0.2, -0.15) is 0 Å². The number of nitrogen functional groups attached to an aromatic ring is 1. The molecule has 21 heavy (non-hydrogen) atoms. The normalized spacial score (nSPS) is 13.6. The Morgan fingerprint density at radius 3 is 3.00 bits per heavy atom. The van der Waals surface area contributed by atoms with Gasteiger partial charge in [-0.05, 0) is 18.2 Å². The van der Waals surface area contributed by atoms with Gasteiger partial charge < -0.3 is 14.6 Å². The van der Waals surface area contributed by atoms with Crippen LogP contribution in [0.1, 0.15) is 16.1 Å². The van der Waals surface area contributed by atoms with E-state index in [0.717, 1.165) is 11.4 Å². The highest BCUT2D eigenvalue weighted by Crippen LogP contribution is 2.30. The van der Waals surface area contributed by atoms with Crippen LogP contribution >= 0.6 is 0 Å². The number of nitrogens with one attached hydrogen (secondary N) is 2. The Labute approximate surface area is 120 Å². The first-order chi connectivity index (χ1) is 10.2. The van der Waals surface area contributed by atoms with Gasteiger partial charge in [-0.3, -0.25) is 15.0 Å². The molecule has 0 unspecified atom stereocenters. The zero-order valence-corrected chi connectivity index (χ0v) is 11.1. The highest BCUT2D eigenvalue weighted by molar-refractivity contribution is 6.01. The molecule has 0 bridgehead atoms. The lowest BCUT2D eigenvalue weighted by Gasteiger charge is -2.30. The molecule has 0 radical (unpaired) electrons. The van der Waals surface area contributed by atoms with E-state index in [0.29, 0.717) is 17.9 Å². The number of carbonyl (C=O) groups is 2. The fourth-order valence-corrected chi connectivity index (χ4v) is 2.36. The first-order valence-electron chi connectivity index (χ1n) is 6.40. The molecule has 3 rings (SSSR count). The van der Waals surface area contributed by atoms with Crippen molar-refractivity contribution in [3.05, 3.63) is 47.9 Å². The number of nitrogens with two attached hydrogens (primary N) is 1. The van der Waals surface area contributed by atoms with Crippen LogP contribution in [0.25, 0.3) is 0 Å². The highest BCUT2D eigenvalue weighted by atomic mass is 16.3. The first kappa shape index (κ1) is 13.2. The second-order valence-electron chi connectivity index (χ2n) is 4.65. The molecule has 2 amide bonds. The van der Waals surface area contributed by atoms with Gasteiger partial charge in [0, 0.05) is 0 Å². The summed E-state index contributed by atoms with van der Waals surface area (Å²) < 4.78 is 5.35. The van der Waals surface area contributed by atoms with E-state index in [1.54, 1.807) is 6.07 Å². The van der Waals surface area contributed by atoms with Gasteiger partial charge in [0.05, 0.1) is 36.3 Å². The van der Waals surface area contributed by atoms with E-state index in [4.69, 9.17) is 10.3 Å². The van der Waals surface area contributed by atoms with Crippen molar-refractivity contribution in [2.24, 2.45) is 5.84 Å². The van der Waals surface area contributed by atoms with Crippen LogP contribution in [-0.4, -0.2) is 18.4 Å². The van der Waals surface area contributed by atoms with Crippen LogP contribution in [0.2, 0.25) is 0 Å². The number of fused-ring (bicyclic) bond motifs is 1. The molecule has 108 valence electrons. The summed E-state index contributed by atoms with van der Waals surface area (Å²) in [6.07, 6.45) is 1.43. The summed E-state index contributed by atoms with van der Waals surface area (Å²) in [4.78, 5) is 25.3. The van der Waals surface area contributed by atoms with Gasteiger partial charge in [0.1, 0.15) is 5.76 Å². The van der Waals surface area contributed by atoms with E-state index in [9.17, 15) is 9.59 Å². The summed E-state index contributed by atoms with van der Waals surface area (Å²) in [6.45, 7) is 0.502. The highest BCUT2D eigenvalue weighted by Gasteiger charge is 2.24. The molecular formula is C14H14N4O3. The number of amides is 2. The summed E-state index contributed by atoms with van der Waals surface area (Å²) in [6, 6.07) is 9.02. The predicted octanol–water partition coefficient (Wildman–Crippen LogP) is 0.842. The second kappa shape index (κ2) is 5.29. The maximum absolute atomic E-state index is 11.8. The molecule has 7 heteroatoms. The number of furan rings is 1. The lowest BCUT2D eigenvalue weighted by Crippen LogP contribution is -2.38. The zero-order valence-electron chi connectivity index (χ0n) is 11.1. The molecule has 4 N–H and O–H groups in total. The average molecular weight is 286 g/mol. The Morgan fingerprint density at radius 2 is 2.19 bits per heavy atom. The Morgan fingerprint density at radius 1 is 1.38 bits per heavy atom. The summed E-state index contributed by atoms with van der Waals surface area (Å²) in [7, 11) is 0. The molecule has 0 aliphatic carbocycles. The van der Waals surface area contributed by atoms with Gasteiger partial charge in [-0.15, -0.1) is 0 Å². The lowest BCUT2D eigenvalue weighted by molar-refractivity contribution is -0.115. The van der Waals surface area contributed by atoms with Gasteiger partial charge >= 0.3 is 0 Å². The Bertz CT molecular complexity index is 695. The number of nitrogens with zero attached hydrogens (tertiary/aromatic N) is 1. The Kier molecular flexibility index (Phi) is 3.33. The number of rotatable bonds is 3. The van der Waals surface area contributed by atoms with Crippen molar-refractivity contribution < 1.29 is 14.0 Å². The van der Waals surface area contributed by atoms with Crippen molar-refractivity contribution >= 4 is 23.2 Å². The van der Waals surface area contributed by atoms with Crippen molar-refractivity contribution in [2.45, 2.75) is 6.54 Å². The minimum Gasteiger partial charge on any atom is -0.467 e. The molecule has 0 atom stereocenters. The standard InChI is InChI=1S/C14H14N4O3/c15-17-14(20)9-5-6-21-12(9)7-18-8-13(19)16-10-3-1-2-4-11(10)18/h1-6H,7-8,15H2,(H,16,19)(H,17,20). The molecule has 2 heterocycles. The third kappa shape index (κ3) is 2.46. The first-order valence-corrected chi connectivity index (χ1v) is 6.40. The van der Waals surface area contributed by atoms with E-state index in [2.05, 4.69) is 10.7 Å². The monoisotopic (exact) mass is 286 g/mol. The van der Waals surface area contributed by atoms with E-state index < -0.39 is 5.91 Å². The van der Waals surface area contributed by atoms with Gasteiger partial charge in [0.15, 0.2) is 0 Å². The lowest BCUT2D eigenvalue weighted by atomic mass is 10.1. The van der Waals surface area contributed by atoms with Gasteiger partial charge in [-0.1, -0.05) is 12.1 Å². The summed E-state index contributed by atoms with van der Waals surface area (Å²) in [5, 5.41) is 2.81. The van der Waals surface area contributed by atoms with Crippen LogP contribution in [-0.2, 0) is 11.3 Å². The number of hydrogen-bond donors (Lipinski definition) is 3. The smallest absolute Gasteiger partial charge is 0.268 e. The number of hydrogen-bond acceptors (Lipinski definition) is 5. The molecule has 0 saturated carbocycles. The molecule has 0 spiro atoms. The van der Waals surface area contributed by atoms with E-state index in [1.807, 2.05) is 29.2 Å². The van der Waals surface area contributed by atoms with Crippen molar-refractivity contribution in [1.29, 1.82) is 0 Å². The van der Waals surface area contributed by atoms with Crippen LogP contribution in [0.15, 0.2) is 41.0 Å². The number of hydrazine groups is 1. The van der Waals surface area contributed by atoms with Gasteiger partial charge in [0.25, 0.3) is 5.91 Å². The molecule has 2 aromatic rings. The molecule has 1 aliphatic rings.